The molecule has 0 amide bonds. The number of aromatic carboxylic acids is 1. The van der Waals surface area contributed by atoms with Gasteiger partial charge >= 0.3 is 5.97 Å². The average molecular weight is 354 g/mol. The van der Waals surface area contributed by atoms with E-state index in [0.29, 0.717) is 10.8 Å². The number of nitrogens with one attached hydrogen (secondary N) is 1. The van der Waals surface area contributed by atoms with Crippen molar-refractivity contribution in [2.45, 2.75) is 10.9 Å². The van der Waals surface area contributed by atoms with Crippen molar-refractivity contribution in [3.63, 3.8) is 0 Å². The molecule has 4 rings (SSSR count). The Morgan fingerprint density at radius 2 is 2.13 bits per heavy atom. The summed E-state index contributed by atoms with van der Waals surface area (Å²) in [6.45, 7) is 3.85. The highest BCUT2D eigenvalue weighted by Gasteiger charge is 2.48. The van der Waals surface area contributed by atoms with Gasteiger partial charge in [-0.3, -0.25) is 4.79 Å². The van der Waals surface area contributed by atoms with Gasteiger partial charge in [0.25, 0.3) is 5.03 Å². The van der Waals surface area contributed by atoms with Crippen molar-refractivity contribution < 1.29 is 9.90 Å². The Balaban J connectivity index is 1.81. The Morgan fingerprint density at radius 3 is 2.83 bits per heavy atom. The smallest absolute Gasteiger partial charge is 0.341 e. The van der Waals surface area contributed by atoms with Gasteiger partial charge in [-0.15, -0.1) is 4.31 Å². The summed E-state index contributed by atoms with van der Waals surface area (Å²) in [5.74, 6) is -0.0160. The highest BCUT2D eigenvalue weighted by atomic mass is 35.5. The monoisotopic (exact) mass is 353 g/mol. The van der Waals surface area contributed by atoms with Gasteiger partial charge in [0.15, 0.2) is 16.9 Å². The molecule has 0 spiro atoms. The molecule has 0 aromatic heterocycles. The molecule has 4 heterocycles. The lowest BCUT2D eigenvalue weighted by Crippen LogP contribution is -2.51. The largest absolute Gasteiger partial charge is 0.477 e. The molecule has 1 unspecified atom stereocenters. The van der Waals surface area contributed by atoms with Crippen LogP contribution in [0.25, 0.3) is 11.4 Å². The molecule has 0 bridgehead atoms. The maximum atomic E-state index is 12.3. The molecule has 7 nitrogen and oxygen atoms in total. The molecule has 0 saturated carbocycles. The first-order valence-electron chi connectivity index (χ1n) is 7.20. The standard InChI is InChI=1S/C14H13ClN4O3S/c15-10-5-8-11(20)9(14(21)22)6-17-12(8)19-7-23(13(10)19)18-3-1-16-2-4-18/h5-6,16H,1-4,7H2/p+1. The van der Waals surface area contributed by atoms with Crippen LogP contribution in [0.3, 0.4) is 0 Å². The van der Waals surface area contributed by atoms with E-state index < -0.39 is 11.4 Å². The van der Waals surface area contributed by atoms with Crippen LogP contribution in [-0.4, -0.2) is 51.1 Å². The van der Waals surface area contributed by atoms with Crippen LogP contribution in [0.15, 0.2) is 22.1 Å². The van der Waals surface area contributed by atoms with Gasteiger partial charge in [-0.25, -0.2) is 14.3 Å². The summed E-state index contributed by atoms with van der Waals surface area (Å²) in [7, 11) is 0. The van der Waals surface area contributed by atoms with Crippen molar-refractivity contribution in [1.29, 1.82) is 0 Å². The fourth-order valence-electron chi connectivity index (χ4n) is 2.95. The first kappa shape index (κ1) is 14.9. The summed E-state index contributed by atoms with van der Waals surface area (Å²) in [4.78, 5) is 27.6. The van der Waals surface area contributed by atoms with Gasteiger partial charge in [0, 0.05) is 19.3 Å². The van der Waals surface area contributed by atoms with E-state index in [9.17, 15) is 9.59 Å². The lowest BCUT2D eigenvalue weighted by molar-refractivity contribution is 0.0695. The molecule has 4 aliphatic heterocycles. The molecule has 2 N–H and O–H groups in total. The first-order valence-corrected chi connectivity index (χ1v) is 8.93. The van der Waals surface area contributed by atoms with Gasteiger partial charge in [0.05, 0.1) is 18.7 Å². The van der Waals surface area contributed by atoms with Crippen LogP contribution in [0.2, 0.25) is 5.02 Å². The summed E-state index contributed by atoms with van der Waals surface area (Å²) < 4.78 is 4.32. The quantitative estimate of drug-likeness (QED) is 0.763. The third kappa shape index (κ3) is 2.25. The van der Waals surface area contributed by atoms with Gasteiger partial charge in [0.2, 0.25) is 11.3 Å². The fraction of sp³-hybridized carbons (Fsp3) is 0.357. The molecule has 1 atom stereocenters. The second-order valence-corrected chi connectivity index (χ2v) is 7.74. The first-order chi connectivity index (χ1) is 11.1. The summed E-state index contributed by atoms with van der Waals surface area (Å²) in [5.41, 5.74) is -0.592. The van der Waals surface area contributed by atoms with Gasteiger partial charge < -0.3 is 10.4 Å². The number of hydrogen-bond donors (Lipinski definition) is 2. The van der Waals surface area contributed by atoms with Crippen molar-refractivity contribution in [1.82, 2.24) is 19.2 Å². The number of carboxylic acid groups (broad SMARTS) is 1. The molecular weight excluding hydrogens is 340 g/mol. The van der Waals surface area contributed by atoms with E-state index in [1.54, 1.807) is 6.07 Å². The van der Waals surface area contributed by atoms with Crippen molar-refractivity contribution in [2.75, 3.05) is 26.2 Å². The lowest BCUT2D eigenvalue weighted by atomic mass is 10.1. The van der Waals surface area contributed by atoms with E-state index in [1.807, 2.05) is 4.57 Å². The van der Waals surface area contributed by atoms with Crippen LogP contribution in [0.5, 0.6) is 0 Å². The summed E-state index contributed by atoms with van der Waals surface area (Å²) >= 11 is 6.31. The maximum Gasteiger partial charge on any atom is 0.341 e. The third-order valence-electron chi connectivity index (χ3n) is 4.11. The van der Waals surface area contributed by atoms with E-state index in [4.69, 9.17) is 16.7 Å². The van der Waals surface area contributed by atoms with E-state index in [-0.39, 0.29) is 22.2 Å². The molecule has 120 valence electrons. The second kappa shape index (κ2) is 5.48. The topological polar surface area (TPSA) is 87.5 Å². The molecule has 0 aromatic rings. The number of fused-ring (bicyclic) bond motifs is 3. The van der Waals surface area contributed by atoms with Crippen molar-refractivity contribution in [3.8, 4) is 11.4 Å². The molecule has 0 radical (unpaired) electrons. The zero-order chi connectivity index (χ0) is 16.1. The average Bonchev–Trinajstić information content (AvgIpc) is 2.49. The van der Waals surface area contributed by atoms with E-state index >= 15 is 0 Å². The third-order valence-corrected chi connectivity index (χ3v) is 6.89. The van der Waals surface area contributed by atoms with Gasteiger partial charge in [-0.2, -0.15) is 0 Å². The maximum absolute atomic E-state index is 12.3. The van der Waals surface area contributed by atoms with Crippen LogP contribution in [0.4, 0.5) is 0 Å². The van der Waals surface area contributed by atoms with Crippen LogP contribution >= 0.6 is 11.6 Å². The zero-order valence-corrected chi connectivity index (χ0v) is 13.7. The van der Waals surface area contributed by atoms with Crippen LogP contribution < -0.4 is 10.7 Å². The predicted octanol–water partition coefficient (Wildman–Crippen LogP) is 0.468. The number of piperazine rings is 1. The van der Waals surface area contributed by atoms with Crippen molar-refractivity contribution in [3.05, 3.63) is 33.1 Å². The Morgan fingerprint density at radius 1 is 1.39 bits per heavy atom. The summed E-state index contributed by atoms with van der Waals surface area (Å²) in [6, 6.07) is 1.56. The Bertz CT molecular complexity index is 834. The minimum absolute atomic E-state index is 0.0802. The van der Waals surface area contributed by atoms with Crippen molar-refractivity contribution >= 4 is 28.7 Å². The number of halogens is 1. The lowest BCUT2D eigenvalue weighted by Gasteiger charge is -2.33. The molecule has 0 aromatic carbocycles. The number of nitrogens with zero attached hydrogens (tertiary/aromatic N) is 3. The number of carbonyl (C=O) groups is 1. The second-order valence-electron chi connectivity index (χ2n) is 5.44. The molecule has 23 heavy (non-hydrogen) atoms. The van der Waals surface area contributed by atoms with Gasteiger partial charge in [-0.05, 0) is 6.07 Å². The zero-order valence-electron chi connectivity index (χ0n) is 12.1. The minimum atomic E-state index is -1.27. The van der Waals surface area contributed by atoms with E-state index in [0.717, 1.165) is 43.3 Å². The number of pyridine rings is 2. The summed E-state index contributed by atoms with van der Waals surface area (Å²) in [5, 5.41) is 13.9. The Hall–Kier alpha value is -1.61. The van der Waals surface area contributed by atoms with E-state index in [2.05, 4.69) is 14.6 Å². The Kier molecular flexibility index (Phi) is 3.56. The molecule has 1 fully saturated rings. The normalized spacial score (nSPS) is 21.0. The van der Waals surface area contributed by atoms with Crippen LogP contribution in [0, 0.1) is 0 Å². The highest BCUT2D eigenvalue weighted by molar-refractivity contribution is 7.94. The fourth-order valence-corrected chi connectivity index (χ4v) is 5.56. The number of hydrogen-bond acceptors (Lipinski definition) is 5. The number of carboxylic acids is 1. The molecule has 9 heteroatoms. The summed E-state index contributed by atoms with van der Waals surface area (Å²) in [6.07, 6.45) is 1.13. The molecular formula is C14H14ClN4O3S+. The van der Waals surface area contributed by atoms with Crippen LogP contribution in [0.1, 0.15) is 10.4 Å². The highest BCUT2D eigenvalue weighted by Crippen LogP contribution is 2.40. The molecule has 1 saturated heterocycles. The number of aromatic nitrogens is 2. The van der Waals surface area contributed by atoms with Gasteiger partial charge in [0.1, 0.15) is 10.6 Å². The molecule has 0 aliphatic carbocycles. The minimum Gasteiger partial charge on any atom is -0.477 e. The SMILES string of the molecule is O=C(O)c1cnc2n3c(c(Cl)cc-2c1=O)[S+](N1CCNCC1)C3. The number of rotatable bonds is 2. The van der Waals surface area contributed by atoms with E-state index in [1.165, 1.54) is 0 Å². The predicted molar refractivity (Wildman–Crippen MR) is 87.2 cm³/mol. The Labute approximate surface area is 139 Å². The van der Waals surface area contributed by atoms with Gasteiger partial charge in [-0.1, -0.05) is 11.6 Å². The van der Waals surface area contributed by atoms with Crippen molar-refractivity contribution in [2.24, 2.45) is 0 Å². The van der Waals surface area contributed by atoms with Crippen LogP contribution in [-0.2, 0) is 17.0 Å². The molecule has 4 aliphatic rings.